The van der Waals surface area contributed by atoms with E-state index in [1.54, 1.807) is 13.2 Å². The molecule has 1 aromatic heterocycles. The van der Waals surface area contributed by atoms with Crippen molar-refractivity contribution in [1.29, 1.82) is 0 Å². The number of hydrogen-bond acceptors (Lipinski definition) is 2. The number of fused-ring (bicyclic) bond motifs is 4. The Hall–Kier alpha value is -3.11. The molecule has 4 heteroatoms. The minimum Gasteiger partial charge on any atom is -0.497 e. The number of para-hydroxylation sites is 1. The van der Waals surface area contributed by atoms with Crippen molar-refractivity contribution in [3.05, 3.63) is 101 Å². The van der Waals surface area contributed by atoms with Gasteiger partial charge in [0.25, 0.3) is 0 Å². The lowest BCUT2D eigenvalue weighted by Crippen LogP contribution is -2.53. The van der Waals surface area contributed by atoms with Crippen LogP contribution in [0.3, 0.4) is 0 Å². The van der Waals surface area contributed by atoms with Crippen LogP contribution in [0, 0.1) is 11.7 Å². The third kappa shape index (κ3) is 3.44. The fourth-order valence-electron chi connectivity index (χ4n) is 6.27. The Morgan fingerprint density at radius 1 is 1.06 bits per heavy atom. The highest BCUT2D eigenvalue weighted by Gasteiger charge is 2.48. The topological polar surface area (TPSA) is 28.3 Å². The van der Waals surface area contributed by atoms with E-state index in [1.165, 1.54) is 22.4 Å². The Bertz CT molecular complexity index is 1300. The second-order valence-corrected chi connectivity index (χ2v) is 9.68. The molecule has 33 heavy (non-hydrogen) atoms. The summed E-state index contributed by atoms with van der Waals surface area (Å²) in [6, 6.07) is 24.8. The largest absolute Gasteiger partial charge is 0.497 e. The van der Waals surface area contributed by atoms with Gasteiger partial charge in [-0.2, -0.15) is 0 Å². The van der Waals surface area contributed by atoms with E-state index in [9.17, 15) is 4.39 Å². The zero-order valence-corrected chi connectivity index (χ0v) is 19.0. The minimum atomic E-state index is -0.161. The standard InChI is InChI=1S/C29H29FN2O/c1-33-23-10-5-9-21(15-23)29-13-14-32(18-20-7-3-2-4-8-20)19-22(29)16-25-24-11-6-12-26(30)28(24)31-27(25)17-29/h2-12,15,22,31H,13-14,16-19H2,1H3/t22?,29-/m0/s1. The molecule has 2 heterocycles. The van der Waals surface area contributed by atoms with Crippen molar-refractivity contribution in [3.8, 4) is 5.75 Å². The van der Waals surface area contributed by atoms with Gasteiger partial charge in [0.15, 0.2) is 0 Å². The van der Waals surface area contributed by atoms with Crippen LogP contribution in [-0.2, 0) is 24.8 Å². The fourth-order valence-corrected chi connectivity index (χ4v) is 6.27. The molecule has 3 aromatic carbocycles. The van der Waals surface area contributed by atoms with Crippen molar-refractivity contribution < 1.29 is 9.13 Å². The number of halogens is 1. The number of nitrogens with one attached hydrogen (secondary N) is 1. The molecule has 1 N–H and O–H groups in total. The van der Waals surface area contributed by atoms with E-state index in [1.807, 2.05) is 12.1 Å². The Balaban J connectivity index is 1.42. The quantitative estimate of drug-likeness (QED) is 0.430. The lowest BCUT2D eigenvalue weighted by Gasteiger charge is -2.51. The highest BCUT2D eigenvalue weighted by molar-refractivity contribution is 5.85. The average Bonchev–Trinajstić information content (AvgIpc) is 3.22. The van der Waals surface area contributed by atoms with Gasteiger partial charge in [-0.25, -0.2) is 4.39 Å². The van der Waals surface area contributed by atoms with Crippen LogP contribution in [0.1, 0.15) is 28.8 Å². The number of H-pyrrole nitrogens is 1. The Labute approximate surface area is 194 Å². The monoisotopic (exact) mass is 440 g/mol. The van der Waals surface area contributed by atoms with Gasteiger partial charge in [0.05, 0.1) is 12.6 Å². The van der Waals surface area contributed by atoms with Crippen molar-refractivity contribution in [3.63, 3.8) is 0 Å². The number of nitrogens with zero attached hydrogens (tertiary/aromatic N) is 1. The summed E-state index contributed by atoms with van der Waals surface area (Å²) in [7, 11) is 1.73. The van der Waals surface area contributed by atoms with Crippen LogP contribution in [0.15, 0.2) is 72.8 Å². The van der Waals surface area contributed by atoms with Gasteiger partial charge in [0, 0.05) is 29.6 Å². The smallest absolute Gasteiger partial charge is 0.147 e. The Kier molecular flexibility index (Phi) is 4.99. The van der Waals surface area contributed by atoms with Crippen LogP contribution in [0.2, 0.25) is 0 Å². The molecule has 2 atom stereocenters. The summed E-state index contributed by atoms with van der Waals surface area (Å²) in [5.41, 5.74) is 5.88. The molecule has 1 aliphatic carbocycles. The molecule has 3 nitrogen and oxygen atoms in total. The van der Waals surface area contributed by atoms with E-state index in [4.69, 9.17) is 4.74 Å². The van der Waals surface area contributed by atoms with Gasteiger partial charge in [0.2, 0.25) is 0 Å². The minimum absolute atomic E-state index is 0.0199. The van der Waals surface area contributed by atoms with Crippen molar-refractivity contribution in [2.24, 2.45) is 5.92 Å². The van der Waals surface area contributed by atoms with Crippen LogP contribution in [-0.4, -0.2) is 30.1 Å². The zero-order chi connectivity index (χ0) is 22.4. The number of hydrogen-bond donors (Lipinski definition) is 1. The van der Waals surface area contributed by atoms with Crippen molar-refractivity contribution >= 4 is 10.9 Å². The van der Waals surface area contributed by atoms with Crippen LogP contribution in [0.5, 0.6) is 5.75 Å². The lowest BCUT2D eigenvalue weighted by atomic mass is 9.58. The Morgan fingerprint density at radius 2 is 1.91 bits per heavy atom. The van der Waals surface area contributed by atoms with Gasteiger partial charge in [-0.05, 0) is 66.6 Å². The molecule has 0 radical (unpaired) electrons. The molecular weight excluding hydrogens is 411 g/mol. The van der Waals surface area contributed by atoms with Gasteiger partial charge in [0.1, 0.15) is 11.6 Å². The third-order valence-electron chi connectivity index (χ3n) is 7.95. The average molecular weight is 441 g/mol. The first-order valence-electron chi connectivity index (χ1n) is 11.8. The number of aromatic amines is 1. The molecule has 1 fully saturated rings. The number of piperidine rings is 1. The van der Waals surface area contributed by atoms with E-state index < -0.39 is 0 Å². The number of rotatable bonds is 4. The van der Waals surface area contributed by atoms with E-state index in [-0.39, 0.29) is 11.2 Å². The second-order valence-electron chi connectivity index (χ2n) is 9.68. The summed E-state index contributed by atoms with van der Waals surface area (Å²) < 4.78 is 20.2. The van der Waals surface area contributed by atoms with Crippen molar-refractivity contribution in [2.45, 2.75) is 31.2 Å². The maximum Gasteiger partial charge on any atom is 0.147 e. The fraction of sp³-hybridized carbons (Fsp3) is 0.310. The van der Waals surface area contributed by atoms with Gasteiger partial charge in [-0.3, -0.25) is 4.90 Å². The molecule has 4 aromatic rings. The molecular formula is C29H29FN2O. The molecule has 2 aliphatic rings. The summed E-state index contributed by atoms with van der Waals surface area (Å²) in [5, 5.41) is 1.05. The maximum absolute atomic E-state index is 14.6. The highest BCUT2D eigenvalue weighted by Crippen LogP contribution is 2.49. The number of ether oxygens (including phenoxy) is 1. The van der Waals surface area contributed by atoms with Crippen LogP contribution < -0.4 is 4.74 Å². The molecule has 1 aliphatic heterocycles. The predicted octanol–water partition coefficient (Wildman–Crippen LogP) is 5.87. The van der Waals surface area contributed by atoms with E-state index in [2.05, 4.69) is 64.5 Å². The highest BCUT2D eigenvalue weighted by atomic mass is 19.1. The first-order valence-corrected chi connectivity index (χ1v) is 11.8. The summed E-state index contributed by atoms with van der Waals surface area (Å²) in [6.45, 7) is 3.06. The van der Waals surface area contributed by atoms with Gasteiger partial charge in [-0.15, -0.1) is 0 Å². The molecule has 1 saturated heterocycles. The third-order valence-corrected chi connectivity index (χ3v) is 7.95. The summed E-state index contributed by atoms with van der Waals surface area (Å²) >= 11 is 0. The van der Waals surface area contributed by atoms with E-state index in [0.29, 0.717) is 11.4 Å². The first-order chi connectivity index (χ1) is 16.2. The molecule has 1 unspecified atom stereocenters. The first kappa shape index (κ1) is 20.5. The number of likely N-dealkylation sites (tertiary alicyclic amines) is 1. The van der Waals surface area contributed by atoms with Gasteiger partial charge < -0.3 is 9.72 Å². The van der Waals surface area contributed by atoms with Crippen molar-refractivity contribution in [1.82, 2.24) is 9.88 Å². The van der Waals surface area contributed by atoms with E-state index >= 15 is 0 Å². The molecule has 6 rings (SSSR count). The molecule has 0 spiro atoms. The summed E-state index contributed by atoms with van der Waals surface area (Å²) in [4.78, 5) is 6.07. The van der Waals surface area contributed by atoms with Crippen LogP contribution in [0.25, 0.3) is 10.9 Å². The van der Waals surface area contributed by atoms with Crippen LogP contribution >= 0.6 is 0 Å². The molecule has 0 saturated carbocycles. The second kappa shape index (κ2) is 8.03. The normalized spacial score (nSPS) is 22.7. The lowest BCUT2D eigenvalue weighted by molar-refractivity contribution is 0.0765. The predicted molar refractivity (Wildman–Crippen MR) is 130 cm³/mol. The van der Waals surface area contributed by atoms with Crippen LogP contribution in [0.4, 0.5) is 4.39 Å². The van der Waals surface area contributed by atoms with Gasteiger partial charge in [-0.1, -0.05) is 54.6 Å². The zero-order valence-electron chi connectivity index (χ0n) is 19.0. The summed E-state index contributed by atoms with van der Waals surface area (Å²) in [5.74, 6) is 1.20. The van der Waals surface area contributed by atoms with Crippen molar-refractivity contribution in [2.75, 3.05) is 20.2 Å². The number of benzene rings is 3. The molecule has 0 bridgehead atoms. The SMILES string of the molecule is COc1cccc([C@@]23CCN(Cc4ccccc4)CC2Cc2c([nH]c4c(F)cccc24)C3)c1. The maximum atomic E-state index is 14.6. The Morgan fingerprint density at radius 3 is 2.76 bits per heavy atom. The summed E-state index contributed by atoms with van der Waals surface area (Å²) in [6.07, 6.45) is 2.95. The molecule has 0 amide bonds. The number of methoxy groups -OCH3 is 1. The molecule has 168 valence electrons. The van der Waals surface area contributed by atoms with E-state index in [0.717, 1.165) is 50.0 Å². The number of aromatic nitrogens is 1. The van der Waals surface area contributed by atoms with Gasteiger partial charge >= 0.3 is 0 Å².